The summed E-state index contributed by atoms with van der Waals surface area (Å²) in [4.78, 5) is 1.56. The predicted octanol–water partition coefficient (Wildman–Crippen LogP) is 2.10. The summed E-state index contributed by atoms with van der Waals surface area (Å²) in [5.74, 6) is 0. The van der Waals surface area contributed by atoms with Crippen LogP contribution in [0.15, 0.2) is 18.2 Å². The van der Waals surface area contributed by atoms with Crippen LogP contribution < -0.4 is 10.6 Å². The van der Waals surface area contributed by atoms with Gasteiger partial charge in [-0.1, -0.05) is 0 Å². The fourth-order valence-electron chi connectivity index (χ4n) is 1.39. The van der Waals surface area contributed by atoms with Crippen molar-refractivity contribution in [3.05, 3.63) is 23.8 Å². The summed E-state index contributed by atoms with van der Waals surface area (Å²) in [5, 5.41) is 8.96. The van der Waals surface area contributed by atoms with E-state index >= 15 is 0 Å². The molecule has 1 aromatic carbocycles. The first-order valence-corrected chi connectivity index (χ1v) is 5.07. The van der Waals surface area contributed by atoms with Gasteiger partial charge in [-0.05, 0) is 25.1 Å². The Hall–Kier alpha value is -1.43. The molecule has 0 aromatic heterocycles. The van der Waals surface area contributed by atoms with Crippen LogP contribution in [0.3, 0.4) is 0 Å². The molecule has 1 atom stereocenters. The monoisotopic (exact) mass is 248 g/mol. The summed E-state index contributed by atoms with van der Waals surface area (Å²) < 4.78 is 37.9. The first-order chi connectivity index (χ1) is 7.77. The van der Waals surface area contributed by atoms with Gasteiger partial charge in [0, 0.05) is 24.5 Å². The van der Waals surface area contributed by atoms with Crippen LogP contribution in [0.2, 0.25) is 0 Å². The number of likely N-dealkylation sites (N-methyl/N-ethyl adjacent to an activating group) is 1. The lowest BCUT2D eigenvalue weighted by atomic mass is 10.1. The number of halogens is 3. The lowest BCUT2D eigenvalue weighted by Gasteiger charge is -2.26. The van der Waals surface area contributed by atoms with Gasteiger partial charge < -0.3 is 15.7 Å². The van der Waals surface area contributed by atoms with Gasteiger partial charge in [-0.2, -0.15) is 13.2 Å². The van der Waals surface area contributed by atoms with Crippen LogP contribution in [0.1, 0.15) is 12.5 Å². The summed E-state index contributed by atoms with van der Waals surface area (Å²) >= 11 is 0. The van der Waals surface area contributed by atoms with E-state index in [9.17, 15) is 13.2 Å². The minimum atomic E-state index is -4.47. The number of aliphatic hydroxyl groups is 1. The number of anilines is 2. The molecule has 1 aromatic rings. The van der Waals surface area contributed by atoms with Gasteiger partial charge >= 0.3 is 6.18 Å². The first kappa shape index (κ1) is 13.6. The number of hydrogen-bond acceptors (Lipinski definition) is 3. The Kier molecular flexibility index (Phi) is 3.87. The van der Waals surface area contributed by atoms with Crippen molar-refractivity contribution in [2.45, 2.75) is 19.1 Å². The standard InChI is InChI=1S/C11H15F3N2O/c1-7(6-17)16(2)8-3-4-10(15)9(5-8)11(12,13)14/h3-5,7,17H,6,15H2,1-2H3. The quantitative estimate of drug-likeness (QED) is 0.805. The largest absolute Gasteiger partial charge is 0.418 e. The average Bonchev–Trinajstić information content (AvgIpc) is 2.26. The molecule has 0 amide bonds. The molecule has 0 aliphatic rings. The van der Waals surface area contributed by atoms with Crippen molar-refractivity contribution in [2.24, 2.45) is 0 Å². The summed E-state index contributed by atoms with van der Waals surface area (Å²) in [5.41, 5.74) is 4.51. The van der Waals surface area contributed by atoms with Crippen molar-refractivity contribution in [1.29, 1.82) is 0 Å². The highest BCUT2D eigenvalue weighted by Gasteiger charge is 2.33. The van der Waals surface area contributed by atoms with Crippen LogP contribution in [-0.4, -0.2) is 24.8 Å². The molecule has 3 N–H and O–H groups in total. The van der Waals surface area contributed by atoms with Gasteiger partial charge in [0.2, 0.25) is 0 Å². The maximum absolute atomic E-state index is 12.6. The van der Waals surface area contributed by atoms with E-state index in [0.717, 1.165) is 6.07 Å². The zero-order valence-corrected chi connectivity index (χ0v) is 9.62. The molecule has 0 fully saturated rings. The average molecular weight is 248 g/mol. The molecule has 0 aliphatic carbocycles. The lowest BCUT2D eigenvalue weighted by molar-refractivity contribution is -0.136. The number of hydrogen-bond donors (Lipinski definition) is 2. The van der Waals surface area contributed by atoms with E-state index in [0.29, 0.717) is 5.69 Å². The third-order valence-electron chi connectivity index (χ3n) is 2.67. The molecule has 0 spiro atoms. The number of nitrogens with zero attached hydrogens (tertiary/aromatic N) is 1. The van der Waals surface area contributed by atoms with Crippen LogP contribution >= 0.6 is 0 Å². The zero-order valence-electron chi connectivity index (χ0n) is 9.62. The van der Waals surface area contributed by atoms with E-state index in [1.54, 1.807) is 18.9 Å². The van der Waals surface area contributed by atoms with Gasteiger partial charge in [-0.3, -0.25) is 0 Å². The van der Waals surface area contributed by atoms with E-state index in [2.05, 4.69) is 0 Å². The summed E-state index contributed by atoms with van der Waals surface area (Å²) in [6.07, 6.45) is -4.47. The Balaban J connectivity index is 3.13. The lowest BCUT2D eigenvalue weighted by Crippen LogP contribution is -2.32. The predicted molar refractivity (Wildman–Crippen MR) is 60.8 cm³/mol. The minimum Gasteiger partial charge on any atom is -0.398 e. The van der Waals surface area contributed by atoms with Gasteiger partial charge in [0.25, 0.3) is 0 Å². The zero-order chi connectivity index (χ0) is 13.2. The van der Waals surface area contributed by atoms with Gasteiger partial charge in [-0.15, -0.1) is 0 Å². The second kappa shape index (κ2) is 4.83. The fraction of sp³-hybridized carbons (Fsp3) is 0.455. The molecule has 96 valence electrons. The number of rotatable bonds is 3. The Morgan fingerprint density at radius 1 is 1.41 bits per heavy atom. The molecule has 0 heterocycles. The van der Waals surface area contributed by atoms with E-state index in [1.807, 2.05) is 0 Å². The highest BCUT2D eigenvalue weighted by molar-refractivity contribution is 5.59. The third kappa shape index (κ3) is 3.03. The van der Waals surface area contributed by atoms with Crippen molar-refractivity contribution in [1.82, 2.24) is 0 Å². The molecule has 0 saturated heterocycles. The van der Waals surface area contributed by atoms with Crippen LogP contribution in [0.25, 0.3) is 0 Å². The Labute approximate surface area is 97.6 Å². The summed E-state index contributed by atoms with van der Waals surface area (Å²) in [6.45, 7) is 1.58. The van der Waals surface area contributed by atoms with E-state index in [4.69, 9.17) is 10.8 Å². The summed E-state index contributed by atoms with van der Waals surface area (Å²) in [7, 11) is 1.62. The maximum atomic E-state index is 12.6. The number of benzene rings is 1. The van der Waals surface area contributed by atoms with Crippen molar-refractivity contribution in [3.63, 3.8) is 0 Å². The third-order valence-corrected chi connectivity index (χ3v) is 2.67. The fourth-order valence-corrected chi connectivity index (χ4v) is 1.39. The van der Waals surface area contributed by atoms with Gasteiger partial charge in [0.15, 0.2) is 0 Å². The topological polar surface area (TPSA) is 49.5 Å². The molecule has 0 saturated carbocycles. The van der Waals surface area contributed by atoms with Crippen molar-refractivity contribution in [3.8, 4) is 0 Å². The molecular weight excluding hydrogens is 233 g/mol. The number of nitrogen functional groups attached to an aromatic ring is 1. The molecule has 0 bridgehead atoms. The highest BCUT2D eigenvalue weighted by Crippen LogP contribution is 2.35. The maximum Gasteiger partial charge on any atom is 0.418 e. The SMILES string of the molecule is CC(CO)N(C)c1ccc(N)c(C(F)(F)F)c1. The second-order valence-electron chi connectivity index (χ2n) is 3.91. The smallest absolute Gasteiger partial charge is 0.398 e. The molecular formula is C11H15F3N2O. The van der Waals surface area contributed by atoms with E-state index in [1.165, 1.54) is 12.1 Å². The molecule has 3 nitrogen and oxygen atoms in total. The van der Waals surface area contributed by atoms with Crippen molar-refractivity contribution < 1.29 is 18.3 Å². The van der Waals surface area contributed by atoms with Crippen LogP contribution in [0, 0.1) is 0 Å². The Morgan fingerprint density at radius 2 is 2.00 bits per heavy atom. The van der Waals surface area contributed by atoms with Crippen LogP contribution in [-0.2, 0) is 6.18 Å². The second-order valence-corrected chi connectivity index (χ2v) is 3.91. The number of alkyl halides is 3. The van der Waals surface area contributed by atoms with Gasteiger partial charge in [0.1, 0.15) is 0 Å². The Morgan fingerprint density at radius 3 is 2.47 bits per heavy atom. The molecule has 6 heteroatoms. The van der Waals surface area contributed by atoms with Crippen LogP contribution in [0.5, 0.6) is 0 Å². The van der Waals surface area contributed by atoms with Crippen LogP contribution in [0.4, 0.5) is 24.5 Å². The molecule has 1 unspecified atom stereocenters. The molecule has 0 radical (unpaired) electrons. The number of nitrogens with two attached hydrogens (primary N) is 1. The van der Waals surface area contributed by atoms with Crippen molar-refractivity contribution in [2.75, 3.05) is 24.3 Å². The first-order valence-electron chi connectivity index (χ1n) is 5.07. The van der Waals surface area contributed by atoms with Crippen molar-refractivity contribution >= 4 is 11.4 Å². The highest BCUT2D eigenvalue weighted by atomic mass is 19.4. The molecule has 0 aliphatic heterocycles. The minimum absolute atomic E-state index is 0.137. The van der Waals surface area contributed by atoms with E-state index < -0.39 is 11.7 Å². The van der Waals surface area contributed by atoms with E-state index in [-0.39, 0.29) is 18.3 Å². The Bertz CT molecular complexity index is 393. The normalized spacial score (nSPS) is 13.5. The molecule has 1 rings (SSSR count). The summed E-state index contributed by atoms with van der Waals surface area (Å²) in [6, 6.07) is 3.44. The molecule has 17 heavy (non-hydrogen) atoms. The van der Waals surface area contributed by atoms with Gasteiger partial charge in [0.05, 0.1) is 12.2 Å². The number of aliphatic hydroxyl groups excluding tert-OH is 1. The van der Waals surface area contributed by atoms with Gasteiger partial charge in [-0.25, -0.2) is 0 Å².